The van der Waals surface area contributed by atoms with Gasteiger partial charge in [-0.2, -0.15) is 0 Å². The normalized spacial score (nSPS) is 17.8. The quantitative estimate of drug-likeness (QED) is 0.631. The Bertz CT molecular complexity index is 395. The smallest absolute Gasteiger partial charge is 0.0317 e. The number of anilines is 1. The molecule has 0 bridgehead atoms. The number of likely N-dealkylation sites (tertiary alicyclic amines) is 1. The van der Waals surface area contributed by atoms with Gasteiger partial charge in [-0.05, 0) is 88.6 Å². The van der Waals surface area contributed by atoms with E-state index in [0.29, 0.717) is 5.92 Å². The molecule has 0 amide bonds. The average Bonchev–Trinajstić information content (AvgIpc) is 2.43. The molecule has 1 aliphatic rings. The van der Waals surface area contributed by atoms with E-state index in [9.17, 15) is 0 Å². The zero-order valence-electron chi connectivity index (χ0n) is 12.3. The second-order valence-electron chi connectivity index (χ2n) is 5.69. The predicted octanol–water partition coefficient (Wildman–Crippen LogP) is 2.37. The molecule has 106 valence electrons. The van der Waals surface area contributed by atoms with Crippen LogP contribution in [0, 0.1) is 6.92 Å². The minimum absolute atomic E-state index is 0.698. The Labute approximate surface area is 117 Å². The number of aryl methyl sites for hydroxylation is 1. The van der Waals surface area contributed by atoms with Gasteiger partial charge in [0.25, 0.3) is 0 Å². The summed E-state index contributed by atoms with van der Waals surface area (Å²) in [6.45, 7) is 7.00. The zero-order chi connectivity index (χ0) is 13.7. The first-order valence-corrected chi connectivity index (χ1v) is 7.43. The summed E-state index contributed by atoms with van der Waals surface area (Å²) >= 11 is 0. The molecule has 1 saturated heterocycles. The van der Waals surface area contributed by atoms with Crippen LogP contribution in [0.5, 0.6) is 0 Å². The molecular formula is C16H27N3. The van der Waals surface area contributed by atoms with E-state index < -0.39 is 0 Å². The fourth-order valence-corrected chi connectivity index (χ4v) is 3.05. The molecule has 3 N–H and O–H groups in total. The molecule has 3 nitrogen and oxygen atoms in total. The summed E-state index contributed by atoms with van der Waals surface area (Å²) in [6, 6.07) is 6.34. The van der Waals surface area contributed by atoms with E-state index in [2.05, 4.69) is 29.3 Å². The Morgan fingerprint density at radius 3 is 2.74 bits per heavy atom. The van der Waals surface area contributed by atoms with Crippen molar-refractivity contribution in [3.63, 3.8) is 0 Å². The van der Waals surface area contributed by atoms with Crippen LogP contribution in [-0.4, -0.2) is 38.1 Å². The molecule has 1 aromatic carbocycles. The molecule has 0 unspecified atom stereocenters. The van der Waals surface area contributed by atoms with Crippen LogP contribution in [0.15, 0.2) is 18.2 Å². The van der Waals surface area contributed by atoms with Crippen LogP contribution in [0.1, 0.15) is 36.3 Å². The van der Waals surface area contributed by atoms with Crippen LogP contribution in [0.2, 0.25) is 0 Å². The van der Waals surface area contributed by atoms with Crippen molar-refractivity contribution < 1.29 is 0 Å². The maximum atomic E-state index is 5.93. The summed E-state index contributed by atoms with van der Waals surface area (Å²) in [4.78, 5) is 2.59. The van der Waals surface area contributed by atoms with Crippen molar-refractivity contribution in [2.24, 2.45) is 0 Å². The number of piperidine rings is 1. The van der Waals surface area contributed by atoms with Gasteiger partial charge < -0.3 is 16.0 Å². The second-order valence-corrected chi connectivity index (χ2v) is 5.69. The third-order valence-corrected chi connectivity index (χ3v) is 4.23. The Kier molecular flexibility index (Phi) is 5.23. The van der Waals surface area contributed by atoms with Crippen LogP contribution in [-0.2, 0) is 0 Å². The highest BCUT2D eigenvalue weighted by atomic mass is 15.1. The Morgan fingerprint density at radius 2 is 2.05 bits per heavy atom. The van der Waals surface area contributed by atoms with Gasteiger partial charge in [-0.15, -0.1) is 0 Å². The highest BCUT2D eigenvalue weighted by Crippen LogP contribution is 2.31. The maximum Gasteiger partial charge on any atom is 0.0317 e. The zero-order valence-corrected chi connectivity index (χ0v) is 12.3. The van der Waals surface area contributed by atoms with Crippen LogP contribution in [0.25, 0.3) is 0 Å². The van der Waals surface area contributed by atoms with E-state index in [1.165, 1.54) is 50.0 Å². The number of nitrogen functional groups attached to an aromatic ring is 1. The van der Waals surface area contributed by atoms with Crippen LogP contribution in [0.3, 0.4) is 0 Å². The van der Waals surface area contributed by atoms with Gasteiger partial charge in [-0.1, -0.05) is 6.07 Å². The van der Waals surface area contributed by atoms with Crippen molar-refractivity contribution in [3.8, 4) is 0 Å². The molecular weight excluding hydrogens is 234 g/mol. The van der Waals surface area contributed by atoms with Crippen molar-refractivity contribution in [1.29, 1.82) is 0 Å². The van der Waals surface area contributed by atoms with E-state index in [4.69, 9.17) is 5.73 Å². The molecule has 0 spiro atoms. The highest BCUT2D eigenvalue weighted by molar-refractivity contribution is 5.45. The fourth-order valence-electron chi connectivity index (χ4n) is 3.05. The maximum absolute atomic E-state index is 5.93. The largest absolute Gasteiger partial charge is 0.399 e. The van der Waals surface area contributed by atoms with Crippen LogP contribution < -0.4 is 11.1 Å². The molecule has 1 aromatic rings. The standard InChI is InChI=1S/C16H27N3/c1-13-4-5-15(17)12-16(13)14-6-10-19(11-7-14)9-3-8-18-2/h4-5,12,14,18H,3,6-11,17H2,1-2H3. The van der Waals surface area contributed by atoms with Gasteiger partial charge in [0.1, 0.15) is 0 Å². The van der Waals surface area contributed by atoms with Crippen LogP contribution >= 0.6 is 0 Å². The summed E-state index contributed by atoms with van der Waals surface area (Å²) < 4.78 is 0. The minimum atomic E-state index is 0.698. The van der Waals surface area contributed by atoms with Gasteiger partial charge in [0.05, 0.1) is 0 Å². The lowest BCUT2D eigenvalue weighted by Crippen LogP contribution is -2.34. The number of nitrogens with one attached hydrogen (secondary N) is 1. The number of hydrogen-bond acceptors (Lipinski definition) is 3. The predicted molar refractivity (Wildman–Crippen MR) is 82.6 cm³/mol. The van der Waals surface area contributed by atoms with Gasteiger partial charge in [0.2, 0.25) is 0 Å². The summed E-state index contributed by atoms with van der Waals surface area (Å²) in [5, 5.41) is 3.22. The number of hydrogen-bond donors (Lipinski definition) is 2. The third kappa shape index (κ3) is 3.95. The number of benzene rings is 1. The molecule has 0 aromatic heterocycles. The van der Waals surface area contributed by atoms with E-state index in [-0.39, 0.29) is 0 Å². The topological polar surface area (TPSA) is 41.3 Å². The molecule has 1 aliphatic heterocycles. The molecule has 0 atom stereocenters. The Morgan fingerprint density at radius 1 is 1.32 bits per heavy atom. The molecule has 2 rings (SSSR count). The summed E-state index contributed by atoms with van der Waals surface area (Å²) in [5.74, 6) is 0.698. The Balaban J connectivity index is 1.87. The first kappa shape index (κ1) is 14.4. The van der Waals surface area contributed by atoms with E-state index in [1.807, 2.05) is 13.1 Å². The van der Waals surface area contributed by atoms with Crippen LogP contribution in [0.4, 0.5) is 5.69 Å². The molecule has 1 fully saturated rings. The average molecular weight is 261 g/mol. The SMILES string of the molecule is CNCCCN1CCC(c2cc(N)ccc2C)CC1. The summed E-state index contributed by atoms with van der Waals surface area (Å²) in [7, 11) is 2.02. The number of nitrogens with two attached hydrogens (primary N) is 1. The lowest BCUT2D eigenvalue weighted by Gasteiger charge is -2.32. The number of nitrogens with zero attached hydrogens (tertiary/aromatic N) is 1. The lowest BCUT2D eigenvalue weighted by atomic mass is 9.86. The van der Waals surface area contributed by atoms with E-state index >= 15 is 0 Å². The third-order valence-electron chi connectivity index (χ3n) is 4.23. The van der Waals surface area contributed by atoms with Crippen molar-refractivity contribution in [3.05, 3.63) is 29.3 Å². The Hall–Kier alpha value is -1.06. The molecule has 0 saturated carbocycles. The number of rotatable bonds is 5. The molecule has 0 aliphatic carbocycles. The van der Waals surface area contributed by atoms with Crippen molar-refractivity contribution in [2.75, 3.05) is 39.0 Å². The van der Waals surface area contributed by atoms with Gasteiger partial charge >= 0.3 is 0 Å². The molecule has 19 heavy (non-hydrogen) atoms. The second kappa shape index (κ2) is 6.92. The van der Waals surface area contributed by atoms with Gasteiger partial charge in [0.15, 0.2) is 0 Å². The molecule has 1 heterocycles. The van der Waals surface area contributed by atoms with Gasteiger partial charge in [0, 0.05) is 5.69 Å². The highest BCUT2D eigenvalue weighted by Gasteiger charge is 2.21. The minimum Gasteiger partial charge on any atom is -0.399 e. The fraction of sp³-hybridized carbons (Fsp3) is 0.625. The first-order chi connectivity index (χ1) is 9.20. The van der Waals surface area contributed by atoms with E-state index in [1.54, 1.807) is 0 Å². The van der Waals surface area contributed by atoms with Crippen molar-refractivity contribution >= 4 is 5.69 Å². The van der Waals surface area contributed by atoms with Gasteiger partial charge in [-0.25, -0.2) is 0 Å². The lowest BCUT2D eigenvalue weighted by molar-refractivity contribution is 0.210. The van der Waals surface area contributed by atoms with Gasteiger partial charge in [-0.3, -0.25) is 0 Å². The molecule has 3 heteroatoms. The monoisotopic (exact) mass is 261 g/mol. The van der Waals surface area contributed by atoms with E-state index in [0.717, 1.165) is 12.2 Å². The summed E-state index contributed by atoms with van der Waals surface area (Å²) in [6.07, 6.45) is 3.78. The summed E-state index contributed by atoms with van der Waals surface area (Å²) in [5.41, 5.74) is 9.68. The first-order valence-electron chi connectivity index (χ1n) is 7.43. The van der Waals surface area contributed by atoms with Crippen molar-refractivity contribution in [1.82, 2.24) is 10.2 Å². The molecule has 0 radical (unpaired) electrons. The van der Waals surface area contributed by atoms with Crippen molar-refractivity contribution in [2.45, 2.75) is 32.1 Å².